The molecule has 1 fully saturated rings. The van der Waals surface area contributed by atoms with Crippen LogP contribution in [0.1, 0.15) is 24.0 Å². The van der Waals surface area contributed by atoms with E-state index in [-0.39, 0.29) is 0 Å². The van der Waals surface area contributed by atoms with E-state index in [0.717, 1.165) is 31.7 Å². The third-order valence-corrected chi connectivity index (χ3v) is 4.21. The van der Waals surface area contributed by atoms with E-state index in [2.05, 4.69) is 59.4 Å². The predicted octanol–water partition coefficient (Wildman–Crippen LogP) is 3.78. The number of aryl methyl sites for hydroxylation is 2. The van der Waals surface area contributed by atoms with Crippen molar-refractivity contribution >= 4 is 11.5 Å². The molecular weight excluding hydrogens is 258 g/mol. The molecule has 1 aromatic carbocycles. The van der Waals surface area contributed by atoms with Crippen molar-refractivity contribution in [3.05, 3.63) is 53.7 Å². The number of pyridine rings is 1. The van der Waals surface area contributed by atoms with E-state index in [4.69, 9.17) is 0 Å². The Morgan fingerprint density at radius 1 is 1.10 bits per heavy atom. The van der Waals surface area contributed by atoms with E-state index in [9.17, 15) is 0 Å². The molecule has 21 heavy (non-hydrogen) atoms. The molecule has 1 aliphatic heterocycles. The number of nitrogens with one attached hydrogen (secondary N) is 1. The second-order valence-electron chi connectivity index (χ2n) is 5.91. The van der Waals surface area contributed by atoms with Crippen LogP contribution in [-0.4, -0.2) is 24.1 Å². The van der Waals surface area contributed by atoms with Crippen molar-refractivity contribution in [3.8, 4) is 0 Å². The summed E-state index contributed by atoms with van der Waals surface area (Å²) in [6.45, 7) is 6.46. The molecule has 0 atom stereocenters. The van der Waals surface area contributed by atoms with Gasteiger partial charge < -0.3 is 10.2 Å². The van der Waals surface area contributed by atoms with Crippen LogP contribution in [0, 0.1) is 13.8 Å². The van der Waals surface area contributed by atoms with Crippen LogP contribution in [-0.2, 0) is 0 Å². The molecule has 1 saturated heterocycles. The molecule has 2 aromatic rings. The Bertz CT molecular complexity index is 587. The Hall–Kier alpha value is -2.03. The molecule has 110 valence electrons. The second kappa shape index (κ2) is 6.17. The fourth-order valence-corrected chi connectivity index (χ4v) is 2.99. The van der Waals surface area contributed by atoms with Gasteiger partial charge in [-0.2, -0.15) is 0 Å². The van der Waals surface area contributed by atoms with Crippen LogP contribution in [0.2, 0.25) is 0 Å². The first-order valence-corrected chi connectivity index (χ1v) is 7.72. The van der Waals surface area contributed by atoms with Crippen LogP contribution in [0.5, 0.6) is 0 Å². The van der Waals surface area contributed by atoms with Crippen molar-refractivity contribution in [2.75, 3.05) is 23.3 Å². The topological polar surface area (TPSA) is 28.2 Å². The zero-order chi connectivity index (χ0) is 14.7. The van der Waals surface area contributed by atoms with Crippen LogP contribution in [0.4, 0.5) is 11.5 Å². The second-order valence-corrected chi connectivity index (χ2v) is 5.91. The summed E-state index contributed by atoms with van der Waals surface area (Å²) < 4.78 is 0. The number of benzene rings is 1. The third kappa shape index (κ3) is 3.35. The number of hydrogen-bond donors (Lipinski definition) is 1. The highest BCUT2D eigenvalue weighted by Crippen LogP contribution is 2.22. The standard InChI is InChI=1S/C18H23N3/c1-14-6-7-17(15(2)13-14)20-16-8-11-21(12-9-16)18-5-3-4-10-19-18/h3-7,10,13,16,20H,8-9,11-12H2,1-2H3. The highest BCUT2D eigenvalue weighted by atomic mass is 15.2. The van der Waals surface area contributed by atoms with Gasteiger partial charge in [-0.05, 0) is 50.5 Å². The molecule has 0 radical (unpaired) electrons. The lowest BCUT2D eigenvalue weighted by molar-refractivity contribution is 0.523. The van der Waals surface area contributed by atoms with Gasteiger partial charge in [-0.15, -0.1) is 0 Å². The number of piperidine rings is 1. The van der Waals surface area contributed by atoms with Crippen LogP contribution < -0.4 is 10.2 Å². The molecule has 1 aliphatic rings. The number of rotatable bonds is 3. The average Bonchev–Trinajstić information content (AvgIpc) is 2.52. The van der Waals surface area contributed by atoms with Gasteiger partial charge in [0.05, 0.1) is 0 Å². The van der Waals surface area contributed by atoms with Gasteiger partial charge in [0, 0.05) is 31.0 Å². The fraction of sp³-hybridized carbons (Fsp3) is 0.389. The van der Waals surface area contributed by atoms with Crippen LogP contribution in [0.15, 0.2) is 42.6 Å². The molecule has 0 spiro atoms. The first-order valence-electron chi connectivity index (χ1n) is 7.72. The van der Waals surface area contributed by atoms with Gasteiger partial charge in [0.25, 0.3) is 0 Å². The van der Waals surface area contributed by atoms with E-state index < -0.39 is 0 Å². The number of nitrogens with zero attached hydrogens (tertiary/aromatic N) is 2. The molecule has 0 bridgehead atoms. The maximum absolute atomic E-state index is 4.44. The predicted molar refractivity (Wildman–Crippen MR) is 89.0 cm³/mol. The molecular formula is C18H23N3. The Balaban J connectivity index is 1.59. The lowest BCUT2D eigenvalue weighted by Crippen LogP contribution is -2.39. The highest BCUT2D eigenvalue weighted by Gasteiger charge is 2.20. The SMILES string of the molecule is Cc1ccc(NC2CCN(c3ccccn3)CC2)c(C)c1. The Morgan fingerprint density at radius 3 is 2.57 bits per heavy atom. The molecule has 3 heteroatoms. The van der Waals surface area contributed by atoms with Gasteiger partial charge in [-0.3, -0.25) is 0 Å². The van der Waals surface area contributed by atoms with Crippen molar-refractivity contribution in [2.24, 2.45) is 0 Å². The van der Waals surface area contributed by atoms with E-state index in [1.54, 1.807) is 0 Å². The summed E-state index contributed by atoms with van der Waals surface area (Å²) in [6.07, 6.45) is 4.18. The molecule has 3 rings (SSSR count). The molecule has 0 unspecified atom stereocenters. The summed E-state index contributed by atoms with van der Waals surface area (Å²) in [5.74, 6) is 1.10. The minimum absolute atomic E-state index is 0.561. The quantitative estimate of drug-likeness (QED) is 0.928. The van der Waals surface area contributed by atoms with Crippen molar-refractivity contribution in [3.63, 3.8) is 0 Å². The zero-order valence-electron chi connectivity index (χ0n) is 12.8. The Morgan fingerprint density at radius 2 is 1.90 bits per heavy atom. The number of hydrogen-bond acceptors (Lipinski definition) is 3. The average molecular weight is 281 g/mol. The lowest BCUT2D eigenvalue weighted by Gasteiger charge is -2.34. The summed E-state index contributed by atoms with van der Waals surface area (Å²) in [5.41, 5.74) is 3.93. The molecule has 3 nitrogen and oxygen atoms in total. The molecule has 0 saturated carbocycles. The maximum Gasteiger partial charge on any atom is 0.128 e. The summed E-state index contributed by atoms with van der Waals surface area (Å²) in [7, 11) is 0. The van der Waals surface area contributed by atoms with Crippen LogP contribution >= 0.6 is 0 Å². The van der Waals surface area contributed by atoms with Gasteiger partial charge in [0.15, 0.2) is 0 Å². The van der Waals surface area contributed by atoms with Crippen molar-refractivity contribution < 1.29 is 0 Å². The molecule has 2 heterocycles. The smallest absolute Gasteiger partial charge is 0.128 e. The normalized spacial score (nSPS) is 16.0. The number of aromatic nitrogens is 1. The maximum atomic E-state index is 4.44. The van der Waals surface area contributed by atoms with Crippen molar-refractivity contribution in [1.82, 2.24) is 4.98 Å². The van der Waals surface area contributed by atoms with E-state index >= 15 is 0 Å². The van der Waals surface area contributed by atoms with Crippen molar-refractivity contribution in [1.29, 1.82) is 0 Å². The van der Waals surface area contributed by atoms with Crippen LogP contribution in [0.25, 0.3) is 0 Å². The molecule has 0 amide bonds. The first-order chi connectivity index (χ1) is 10.2. The monoisotopic (exact) mass is 281 g/mol. The van der Waals surface area contributed by atoms with Gasteiger partial charge >= 0.3 is 0 Å². The van der Waals surface area contributed by atoms with Crippen molar-refractivity contribution in [2.45, 2.75) is 32.7 Å². The van der Waals surface area contributed by atoms with Gasteiger partial charge in [-0.25, -0.2) is 4.98 Å². The first kappa shape index (κ1) is 13.9. The Kier molecular flexibility index (Phi) is 4.09. The van der Waals surface area contributed by atoms with E-state index in [1.165, 1.54) is 16.8 Å². The minimum Gasteiger partial charge on any atom is -0.382 e. The van der Waals surface area contributed by atoms with E-state index in [0.29, 0.717) is 6.04 Å². The largest absolute Gasteiger partial charge is 0.382 e. The molecule has 0 aliphatic carbocycles. The Labute approximate surface area is 127 Å². The molecule has 1 aromatic heterocycles. The number of anilines is 2. The summed E-state index contributed by atoms with van der Waals surface area (Å²) in [4.78, 5) is 6.82. The summed E-state index contributed by atoms with van der Waals surface area (Å²) in [6, 6.07) is 13.3. The third-order valence-electron chi connectivity index (χ3n) is 4.21. The molecule has 1 N–H and O–H groups in total. The minimum atomic E-state index is 0.561. The van der Waals surface area contributed by atoms with Crippen LogP contribution in [0.3, 0.4) is 0 Å². The fourth-order valence-electron chi connectivity index (χ4n) is 2.99. The summed E-state index contributed by atoms with van der Waals surface area (Å²) >= 11 is 0. The van der Waals surface area contributed by atoms with E-state index in [1.807, 2.05) is 12.3 Å². The lowest BCUT2D eigenvalue weighted by atomic mass is 10.0. The zero-order valence-corrected chi connectivity index (χ0v) is 12.8. The van der Waals surface area contributed by atoms with Gasteiger partial charge in [0.1, 0.15) is 5.82 Å². The van der Waals surface area contributed by atoms with Gasteiger partial charge in [-0.1, -0.05) is 23.8 Å². The summed E-state index contributed by atoms with van der Waals surface area (Å²) in [5, 5.41) is 3.70. The van der Waals surface area contributed by atoms with Gasteiger partial charge in [0.2, 0.25) is 0 Å². The highest BCUT2D eigenvalue weighted by molar-refractivity contribution is 5.53.